The summed E-state index contributed by atoms with van der Waals surface area (Å²) in [6, 6.07) is 0. The van der Waals surface area contributed by atoms with Gasteiger partial charge >= 0.3 is 0 Å². The van der Waals surface area contributed by atoms with Crippen molar-refractivity contribution in [3.63, 3.8) is 0 Å². The molecule has 1 aromatic rings. The maximum absolute atomic E-state index is 11.8. The van der Waals surface area contributed by atoms with Crippen LogP contribution in [0.3, 0.4) is 0 Å². The van der Waals surface area contributed by atoms with Crippen LogP contribution in [0.25, 0.3) is 0 Å². The van der Waals surface area contributed by atoms with Gasteiger partial charge in [0, 0.05) is 32.8 Å². The minimum atomic E-state index is -0.594. The van der Waals surface area contributed by atoms with Gasteiger partial charge in [0.1, 0.15) is 5.69 Å². The van der Waals surface area contributed by atoms with Crippen molar-refractivity contribution in [3.05, 3.63) is 23.8 Å². The second-order valence-corrected chi connectivity index (χ2v) is 4.87. The number of amides is 2. The maximum atomic E-state index is 11.8. The number of nitrogens with zero attached hydrogens (tertiary/aromatic N) is 3. The third-order valence-electron chi connectivity index (χ3n) is 3.29. The third kappa shape index (κ3) is 3.51. The molecule has 1 saturated heterocycles. The van der Waals surface area contributed by atoms with Crippen LogP contribution in [0.15, 0.2) is 12.4 Å². The van der Waals surface area contributed by atoms with E-state index in [0.29, 0.717) is 38.2 Å². The van der Waals surface area contributed by atoms with Gasteiger partial charge in [-0.15, -0.1) is 0 Å². The Morgan fingerprint density at radius 1 is 1.55 bits per heavy atom. The molecule has 1 fully saturated rings. The van der Waals surface area contributed by atoms with E-state index in [4.69, 9.17) is 10.5 Å². The highest BCUT2D eigenvalue weighted by molar-refractivity contribution is 5.90. The first-order valence-corrected chi connectivity index (χ1v) is 6.47. The number of rotatable bonds is 6. The second kappa shape index (κ2) is 6.42. The molecule has 2 amide bonds. The summed E-state index contributed by atoms with van der Waals surface area (Å²) in [5.41, 5.74) is 6.02. The first kappa shape index (κ1) is 14.4. The van der Waals surface area contributed by atoms with Gasteiger partial charge in [0.2, 0.25) is 5.91 Å². The van der Waals surface area contributed by atoms with Crippen LogP contribution in [0, 0.1) is 5.92 Å². The largest absolute Gasteiger partial charge is 0.383 e. The molecule has 0 saturated carbocycles. The van der Waals surface area contributed by atoms with E-state index in [1.807, 2.05) is 0 Å². The average Bonchev–Trinajstić information content (AvgIpc) is 2.76. The monoisotopic (exact) mass is 278 g/mol. The lowest BCUT2D eigenvalue weighted by molar-refractivity contribution is -0.128. The van der Waals surface area contributed by atoms with E-state index in [-0.39, 0.29) is 17.5 Å². The van der Waals surface area contributed by atoms with E-state index in [1.54, 1.807) is 18.2 Å². The fourth-order valence-electron chi connectivity index (χ4n) is 2.33. The number of carbonyl (C=O) groups excluding carboxylic acids is 2. The zero-order chi connectivity index (χ0) is 14.5. The highest BCUT2D eigenvalue weighted by Gasteiger charge is 2.29. The number of hydrogen-bond donors (Lipinski definition) is 1. The summed E-state index contributed by atoms with van der Waals surface area (Å²) in [5.74, 6) is -0.272. The van der Waals surface area contributed by atoms with Crippen molar-refractivity contribution in [2.45, 2.75) is 12.8 Å². The van der Waals surface area contributed by atoms with Crippen molar-refractivity contribution in [2.75, 3.05) is 26.8 Å². The van der Waals surface area contributed by atoms with Crippen molar-refractivity contribution in [1.82, 2.24) is 14.9 Å². The second-order valence-electron chi connectivity index (χ2n) is 4.87. The van der Waals surface area contributed by atoms with Gasteiger partial charge in [0.25, 0.3) is 5.91 Å². The molecule has 0 aliphatic carbocycles. The predicted molar refractivity (Wildman–Crippen MR) is 70.8 cm³/mol. The van der Waals surface area contributed by atoms with Gasteiger partial charge < -0.3 is 15.4 Å². The summed E-state index contributed by atoms with van der Waals surface area (Å²) < 4.78 is 4.98. The minimum Gasteiger partial charge on any atom is -0.383 e. The molecule has 1 aliphatic heterocycles. The Bertz CT molecular complexity index is 506. The zero-order valence-corrected chi connectivity index (χ0v) is 11.4. The SMILES string of the molecule is COCCN1C[C@@H](Cc2cncc(C(N)=O)n2)CC1=O. The molecule has 0 radical (unpaired) electrons. The van der Waals surface area contributed by atoms with Crippen molar-refractivity contribution in [2.24, 2.45) is 11.7 Å². The molecule has 2 N–H and O–H groups in total. The molecule has 2 rings (SSSR count). The Hall–Kier alpha value is -2.02. The number of methoxy groups -OCH3 is 1. The van der Waals surface area contributed by atoms with Gasteiger partial charge in [-0.25, -0.2) is 4.98 Å². The van der Waals surface area contributed by atoms with E-state index in [2.05, 4.69) is 9.97 Å². The van der Waals surface area contributed by atoms with Crippen LogP contribution in [0.4, 0.5) is 0 Å². The summed E-state index contributed by atoms with van der Waals surface area (Å²) in [6.07, 6.45) is 4.06. The van der Waals surface area contributed by atoms with E-state index in [1.165, 1.54) is 6.20 Å². The molecule has 7 nitrogen and oxygen atoms in total. The Morgan fingerprint density at radius 2 is 2.35 bits per heavy atom. The Kier molecular flexibility index (Phi) is 4.62. The van der Waals surface area contributed by atoms with Crippen molar-refractivity contribution in [1.29, 1.82) is 0 Å². The molecule has 1 aromatic heterocycles. The molecular weight excluding hydrogens is 260 g/mol. The van der Waals surface area contributed by atoms with Gasteiger partial charge in [-0.1, -0.05) is 0 Å². The van der Waals surface area contributed by atoms with Crippen LogP contribution in [0.2, 0.25) is 0 Å². The third-order valence-corrected chi connectivity index (χ3v) is 3.29. The van der Waals surface area contributed by atoms with Gasteiger partial charge in [-0.2, -0.15) is 0 Å². The lowest BCUT2D eigenvalue weighted by Gasteiger charge is -2.15. The molecule has 0 unspecified atom stereocenters. The predicted octanol–water partition coefficient (Wildman–Crippen LogP) is -0.387. The molecule has 2 heterocycles. The van der Waals surface area contributed by atoms with Crippen LogP contribution in [0.1, 0.15) is 22.6 Å². The lowest BCUT2D eigenvalue weighted by atomic mass is 10.0. The number of hydrogen-bond acceptors (Lipinski definition) is 5. The Labute approximate surface area is 117 Å². The Balaban J connectivity index is 1.96. The van der Waals surface area contributed by atoms with Crippen LogP contribution < -0.4 is 5.73 Å². The smallest absolute Gasteiger partial charge is 0.268 e. The number of primary amides is 1. The van der Waals surface area contributed by atoms with Crippen molar-refractivity contribution >= 4 is 11.8 Å². The standard InChI is InChI=1S/C13H18N4O3/c1-20-3-2-17-8-9(5-12(17)18)4-10-6-15-7-11(16-10)13(14)19/h6-7,9H,2-5,8H2,1H3,(H2,14,19)/t9-/m0/s1. The molecule has 20 heavy (non-hydrogen) atoms. The van der Waals surface area contributed by atoms with Crippen LogP contribution in [-0.4, -0.2) is 53.5 Å². The van der Waals surface area contributed by atoms with Crippen LogP contribution in [-0.2, 0) is 16.0 Å². The van der Waals surface area contributed by atoms with E-state index in [9.17, 15) is 9.59 Å². The molecule has 7 heteroatoms. The number of likely N-dealkylation sites (tertiary alicyclic amines) is 1. The zero-order valence-electron chi connectivity index (χ0n) is 11.4. The van der Waals surface area contributed by atoms with E-state index >= 15 is 0 Å². The fraction of sp³-hybridized carbons (Fsp3) is 0.538. The summed E-state index contributed by atoms with van der Waals surface area (Å²) >= 11 is 0. The van der Waals surface area contributed by atoms with Crippen LogP contribution in [0.5, 0.6) is 0 Å². The van der Waals surface area contributed by atoms with E-state index < -0.39 is 5.91 Å². The molecule has 0 spiro atoms. The maximum Gasteiger partial charge on any atom is 0.268 e. The molecule has 0 aromatic carbocycles. The average molecular weight is 278 g/mol. The first-order chi connectivity index (χ1) is 9.60. The summed E-state index contributed by atoms with van der Waals surface area (Å²) in [6.45, 7) is 1.83. The Morgan fingerprint density at radius 3 is 3.05 bits per heavy atom. The van der Waals surface area contributed by atoms with E-state index in [0.717, 1.165) is 0 Å². The quantitative estimate of drug-likeness (QED) is 0.764. The number of carbonyl (C=O) groups is 2. The highest BCUT2D eigenvalue weighted by Crippen LogP contribution is 2.20. The number of ether oxygens (including phenoxy) is 1. The van der Waals surface area contributed by atoms with Gasteiger partial charge in [-0.05, 0) is 12.3 Å². The summed E-state index contributed by atoms with van der Waals surface area (Å²) in [7, 11) is 1.61. The molecule has 0 bridgehead atoms. The summed E-state index contributed by atoms with van der Waals surface area (Å²) in [4.78, 5) is 32.8. The first-order valence-electron chi connectivity index (χ1n) is 6.47. The molecule has 1 aliphatic rings. The van der Waals surface area contributed by atoms with Crippen molar-refractivity contribution < 1.29 is 14.3 Å². The number of aromatic nitrogens is 2. The van der Waals surface area contributed by atoms with Gasteiger partial charge in [-0.3, -0.25) is 14.6 Å². The fourth-order valence-corrected chi connectivity index (χ4v) is 2.33. The molecular formula is C13H18N4O3. The lowest BCUT2D eigenvalue weighted by Crippen LogP contribution is -2.29. The molecule has 1 atom stereocenters. The van der Waals surface area contributed by atoms with Crippen LogP contribution >= 0.6 is 0 Å². The number of nitrogens with two attached hydrogens (primary N) is 1. The van der Waals surface area contributed by atoms with Gasteiger partial charge in [0.05, 0.1) is 18.5 Å². The highest BCUT2D eigenvalue weighted by atomic mass is 16.5. The van der Waals surface area contributed by atoms with Crippen molar-refractivity contribution in [3.8, 4) is 0 Å². The minimum absolute atomic E-state index is 0.131. The van der Waals surface area contributed by atoms with Gasteiger partial charge in [0.15, 0.2) is 0 Å². The normalized spacial score (nSPS) is 18.6. The molecule has 108 valence electrons. The topological polar surface area (TPSA) is 98.4 Å². The summed E-state index contributed by atoms with van der Waals surface area (Å²) in [5, 5.41) is 0.